The molecule has 17 heavy (non-hydrogen) atoms. The highest BCUT2D eigenvalue weighted by molar-refractivity contribution is 9.10. The first-order valence-corrected chi connectivity index (χ1v) is 6.67. The van der Waals surface area contributed by atoms with Crippen molar-refractivity contribution in [1.29, 1.82) is 0 Å². The number of benzene rings is 1. The van der Waals surface area contributed by atoms with Gasteiger partial charge < -0.3 is 10.4 Å². The maximum absolute atomic E-state index is 11.2. The Morgan fingerprint density at radius 1 is 1.47 bits per heavy atom. The van der Waals surface area contributed by atoms with E-state index in [1.807, 2.05) is 12.1 Å². The number of aromatic carboxylic acids is 1. The van der Waals surface area contributed by atoms with Crippen LogP contribution in [0.1, 0.15) is 36.5 Å². The van der Waals surface area contributed by atoms with Crippen LogP contribution in [0.2, 0.25) is 0 Å². The van der Waals surface area contributed by atoms with Crippen molar-refractivity contribution in [1.82, 2.24) is 0 Å². The summed E-state index contributed by atoms with van der Waals surface area (Å²) in [4.78, 5) is 11.2. The molecule has 2 N–H and O–H groups in total. The minimum atomic E-state index is -0.898. The van der Waals surface area contributed by atoms with E-state index in [-0.39, 0.29) is 0 Å². The molecule has 2 unspecified atom stereocenters. The molecule has 1 aliphatic rings. The van der Waals surface area contributed by atoms with Crippen LogP contribution in [0, 0.1) is 5.92 Å². The SMILES string of the molecule is CC1CCCC1Nc1cccc(Br)c1C(=O)O. The molecule has 1 fully saturated rings. The van der Waals surface area contributed by atoms with Crippen molar-refractivity contribution in [3.8, 4) is 0 Å². The zero-order chi connectivity index (χ0) is 12.4. The Kier molecular flexibility index (Phi) is 3.72. The molecule has 0 amide bonds. The molecule has 4 heteroatoms. The van der Waals surface area contributed by atoms with Gasteiger partial charge in [0.15, 0.2) is 0 Å². The lowest BCUT2D eigenvalue weighted by Gasteiger charge is -2.20. The quantitative estimate of drug-likeness (QED) is 0.893. The summed E-state index contributed by atoms with van der Waals surface area (Å²) in [5, 5.41) is 12.6. The molecule has 0 aliphatic heterocycles. The minimum Gasteiger partial charge on any atom is -0.478 e. The lowest BCUT2D eigenvalue weighted by molar-refractivity contribution is 0.0697. The van der Waals surface area contributed by atoms with E-state index in [9.17, 15) is 9.90 Å². The maximum atomic E-state index is 11.2. The second kappa shape index (κ2) is 5.08. The average Bonchev–Trinajstić information content (AvgIpc) is 2.64. The normalized spacial score (nSPS) is 23.6. The molecule has 3 nitrogen and oxygen atoms in total. The number of carboxylic acid groups (broad SMARTS) is 1. The fraction of sp³-hybridized carbons (Fsp3) is 0.462. The van der Waals surface area contributed by atoms with Gasteiger partial charge in [-0.3, -0.25) is 0 Å². The summed E-state index contributed by atoms with van der Waals surface area (Å²) in [6.07, 6.45) is 3.55. The predicted molar refractivity (Wildman–Crippen MR) is 71.5 cm³/mol. The standard InChI is InChI=1S/C13H16BrNO2/c1-8-4-2-6-10(8)15-11-7-3-5-9(14)12(11)13(16)17/h3,5,7-8,10,15H,2,4,6H2,1H3,(H,16,17). The van der Waals surface area contributed by atoms with Crippen LogP contribution in [0.4, 0.5) is 5.69 Å². The van der Waals surface area contributed by atoms with Crippen LogP contribution in [0.25, 0.3) is 0 Å². The molecule has 1 saturated carbocycles. The second-order valence-corrected chi connectivity index (χ2v) is 5.48. The fourth-order valence-electron chi connectivity index (χ4n) is 2.42. The van der Waals surface area contributed by atoms with Crippen molar-refractivity contribution in [3.05, 3.63) is 28.2 Å². The van der Waals surface area contributed by atoms with Gasteiger partial charge in [0.2, 0.25) is 0 Å². The lowest BCUT2D eigenvalue weighted by Crippen LogP contribution is -2.23. The summed E-state index contributed by atoms with van der Waals surface area (Å²) >= 11 is 3.29. The van der Waals surface area contributed by atoms with E-state index < -0.39 is 5.97 Å². The highest BCUT2D eigenvalue weighted by atomic mass is 79.9. The minimum absolute atomic E-state index is 0.326. The molecule has 0 bridgehead atoms. The summed E-state index contributed by atoms with van der Waals surface area (Å²) in [5.41, 5.74) is 1.04. The number of halogens is 1. The van der Waals surface area contributed by atoms with Crippen LogP contribution < -0.4 is 5.32 Å². The lowest BCUT2D eigenvalue weighted by atomic mass is 10.1. The van der Waals surface area contributed by atoms with Crippen LogP contribution in [0.5, 0.6) is 0 Å². The largest absolute Gasteiger partial charge is 0.478 e. The monoisotopic (exact) mass is 297 g/mol. The molecule has 2 atom stereocenters. The maximum Gasteiger partial charge on any atom is 0.338 e. The van der Waals surface area contributed by atoms with Crippen LogP contribution in [-0.4, -0.2) is 17.1 Å². The third kappa shape index (κ3) is 2.63. The molecule has 2 rings (SSSR count). The van der Waals surface area contributed by atoms with Crippen LogP contribution in [0.3, 0.4) is 0 Å². The number of hydrogen-bond acceptors (Lipinski definition) is 2. The van der Waals surface area contributed by atoms with Crippen molar-refractivity contribution in [2.45, 2.75) is 32.2 Å². The van der Waals surface area contributed by atoms with Crippen molar-refractivity contribution in [3.63, 3.8) is 0 Å². The fourth-order valence-corrected chi connectivity index (χ4v) is 2.96. The first kappa shape index (κ1) is 12.4. The average molecular weight is 298 g/mol. The van der Waals surface area contributed by atoms with Gasteiger partial charge in [0, 0.05) is 10.5 Å². The van der Waals surface area contributed by atoms with Crippen molar-refractivity contribution in [2.24, 2.45) is 5.92 Å². The van der Waals surface area contributed by atoms with Crippen LogP contribution >= 0.6 is 15.9 Å². The van der Waals surface area contributed by atoms with E-state index in [4.69, 9.17) is 0 Å². The Balaban J connectivity index is 2.26. The Bertz CT molecular complexity index is 433. The number of anilines is 1. The Labute approximate surface area is 109 Å². The molecule has 0 spiro atoms. The van der Waals surface area contributed by atoms with Gasteiger partial charge in [-0.05, 0) is 46.8 Å². The van der Waals surface area contributed by atoms with Crippen LogP contribution in [0.15, 0.2) is 22.7 Å². The van der Waals surface area contributed by atoms with E-state index in [2.05, 4.69) is 28.2 Å². The van der Waals surface area contributed by atoms with Gasteiger partial charge in [0.1, 0.15) is 0 Å². The number of carbonyl (C=O) groups is 1. The van der Waals surface area contributed by atoms with E-state index in [0.29, 0.717) is 27.7 Å². The van der Waals surface area contributed by atoms with Gasteiger partial charge in [-0.15, -0.1) is 0 Å². The van der Waals surface area contributed by atoms with Gasteiger partial charge in [0.25, 0.3) is 0 Å². The molecule has 0 aromatic heterocycles. The molecule has 1 aliphatic carbocycles. The molecule has 92 valence electrons. The van der Waals surface area contributed by atoms with Gasteiger partial charge in [-0.25, -0.2) is 4.79 Å². The first-order chi connectivity index (χ1) is 8.09. The molecule has 1 aromatic carbocycles. The third-order valence-electron chi connectivity index (χ3n) is 3.43. The second-order valence-electron chi connectivity index (χ2n) is 4.63. The highest BCUT2D eigenvalue weighted by Crippen LogP contribution is 2.31. The van der Waals surface area contributed by atoms with Crippen molar-refractivity contribution < 1.29 is 9.90 Å². The predicted octanol–water partition coefficient (Wildman–Crippen LogP) is 3.75. The summed E-state index contributed by atoms with van der Waals surface area (Å²) < 4.78 is 0.626. The number of hydrogen-bond donors (Lipinski definition) is 2. The summed E-state index contributed by atoms with van der Waals surface area (Å²) in [6.45, 7) is 2.21. The smallest absolute Gasteiger partial charge is 0.338 e. The zero-order valence-electron chi connectivity index (χ0n) is 9.74. The highest BCUT2D eigenvalue weighted by Gasteiger charge is 2.25. The first-order valence-electron chi connectivity index (χ1n) is 5.88. The number of carboxylic acids is 1. The van der Waals surface area contributed by atoms with Gasteiger partial charge in [-0.1, -0.05) is 19.4 Å². The molecular formula is C13H16BrNO2. The molecule has 0 heterocycles. The van der Waals surface area contributed by atoms with Gasteiger partial charge in [0.05, 0.1) is 11.3 Å². The Hall–Kier alpha value is -1.03. The van der Waals surface area contributed by atoms with Crippen molar-refractivity contribution in [2.75, 3.05) is 5.32 Å². The molecular weight excluding hydrogens is 282 g/mol. The zero-order valence-corrected chi connectivity index (χ0v) is 11.3. The molecule has 1 aromatic rings. The van der Waals surface area contributed by atoms with E-state index >= 15 is 0 Å². The van der Waals surface area contributed by atoms with E-state index in [1.165, 1.54) is 12.8 Å². The van der Waals surface area contributed by atoms with Gasteiger partial charge in [-0.2, -0.15) is 0 Å². The summed E-state index contributed by atoms with van der Waals surface area (Å²) in [7, 11) is 0. The topological polar surface area (TPSA) is 49.3 Å². The van der Waals surface area contributed by atoms with Crippen LogP contribution in [-0.2, 0) is 0 Å². The van der Waals surface area contributed by atoms with Crippen molar-refractivity contribution >= 4 is 27.6 Å². The molecule has 0 saturated heterocycles. The Morgan fingerprint density at radius 2 is 2.24 bits per heavy atom. The summed E-state index contributed by atoms with van der Waals surface area (Å²) in [5.74, 6) is -0.291. The van der Waals surface area contributed by atoms with E-state index in [1.54, 1.807) is 6.07 Å². The van der Waals surface area contributed by atoms with E-state index in [0.717, 1.165) is 6.42 Å². The Morgan fingerprint density at radius 3 is 2.82 bits per heavy atom. The molecule has 0 radical (unpaired) electrons. The third-order valence-corrected chi connectivity index (χ3v) is 4.09. The number of nitrogens with one attached hydrogen (secondary N) is 1. The van der Waals surface area contributed by atoms with Gasteiger partial charge >= 0.3 is 5.97 Å². The summed E-state index contributed by atoms with van der Waals surface area (Å²) in [6, 6.07) is 5.84. The number of rotatable bonds is 3.